The van der Waals surface area contributed by atoms with Crippen molar-refractivity contribution in [2.24, 2.45) is 0 Å². The number of hydrogen-bond donors (Lipinski definition) is 1. The van der Waals surface area contributed by atoms with Crippen molar-refractivity contribution < 1.29 is 13.6 Å². The topological polar surface area (TPSA) is 83.9 Å². The predicted molar refractivity (Wildman–Crippen MR) is 125 cm³/mol. The van der Waals surface area contributed by atoms with Crippen LogP contribution in [0.25, 0.3) is 22.5 Å². The van der Waals surface area contributed by atoms with Crippen molar-refractivity contribution in [2.75, 3.05) is 18.0 Å². The van der Waals surface area contributed by atoms with Crippen LogP contribution in [0.4, 0.5) is 14.6 Å². The first-order valence-electron chi connectivity index (χ1n) is 10.8. The molecule has 2 aromatic carbocycles. The summed E-state index contributed by atoms with van der Waals surface area (Å²) in [4.78, 5) is 23.9. The van der Waals surface area contributed by atoms with Crippen LogP contribution in [0.3, 0.4) is 0 Å². The minimum Gasteiger partial charge on any atom is -0.355 e. The Bertz CT molecular complexity index is 1270. The van der Waals surface area contributed by atoms with Crippen LogP contribution in [0.1, 0.15) is 23.3 Å². The highest BCUT2D eigenvalue weighted by Gasteiger charge is 2.24. The van der Waals surface area contributed by atoms with Gasteiger partial charge in [0, 0.05) is 35.6 Å². The molecule has 0 radical (unpaired) electrons. The van der Waals surface area contributed by atoms with Gasteiger partial charge in [-0.1, -0.05) is 4.49 Å². The Labute approximate surface area is 198 Å². The summed E-state index contributed by atoms with van der Waals surface area (Å²) in [5.74, 6) is -0.195. The van der Waals surface area contributed by atoms with Gasteiger partial charge >= 0.3 is 0 Å². The number of halogens is 2. The average Bonchev–Trinajstić information content (AvgIpc) is 3.41. The second-order valence-electron chi connectivity index (χ2n) is 7.96. The molecule has 0 bridgehead atoms. The van der Waals surface area contributed by atoms with Crippen LogP contribution in [0.5, 0.6) is 0 Å². The van der Waals surface area contributed by atoms with Gasteiger partial charge in [0.15, 0.2) is 5.69 Å². The molecule has 1 aliphatic rings. The smallest absolute Gasteiger partial charge is 0.272 e. The Morgan fingerprint density at radius 2 is 1.56 bits per heavy atom. The zero-order valence-corrected chi connectivity index (χ0v) is 18.8. The Morgan fingerprint density at radius 3 is 2.15 bits per heavy atom. The first-order chi connectivity index (χ1) is 16.6. The molecule has 2 aromatic heterocycles. The third-order valence-corrected chi connectivity index (χ3v) is 6.25. The molecule has 3 heterocycles. The van der Waals surface area contributed by atoms with E-state index < -0.39 is 0 Å². The molecule has 0 spiro atoms. The van der Waals surface area contributed by atoms with Crippen LogP contribution in [0, 0.1) is 11.6 Å². The van der Waals surface area contributed by atoms with Crippen molar-refractivity contribution in [1.29, 1.82) is 0 Å². The van der Waals surface area contributed by atoms with Crippen LogP contribution in [0.2, 0.25) is 0 Å². The number of carbonyl (C=O) groups is 1. The maximum atomic E-state index is 13.5. The second-order valence-corrected chi connectivity index (χ2v) is 8.57. The van der Waals surface area contributed by atoms with E-state index in [1.165, 1.54) is 24.3 Å². The number of amides is 1. The molecule has 1 saturated heterocycles. The van der Waals surface area contributed by atoms with E-state index in [1.54, 1.807) is 35.8 Å². The highest BCUT2D eigenvalue weighted by Crippen LogP contribution is 2.31. The lowest BCUT2D eigenvalue weighted by atomic mass is 10.0. The van der Waals surface area contributed by atoms with Crippen molar-refractivity contribution in [1.82, 2.24) is 24.9 Å². The maximum absolute atomic E-state index is 13.5. The Hall–Kier alpha value is -3.79. The third kappa shape index (κ3) is 4.76. The molecule has 0 saturated carbocycles. The molecule has 172 valence electrons. The van der Waals surface area contributed by atoms with Crippen LogP contribution >= 0.6 is 11.5 Å². The summed E-state index contributed by atoms with van der Waals surface area (Å²) in [6, 6.07) is 12.2. The average molecular weight is 479 g/mol. The Morgan fingerprint density at radius 1 is 0.941 bits per heavy atom. The molecule has 7 nitrogen and oxygen atoms in total. The van der Waals surface area contributed by atoms with Gasteiger partial charge in [-0.15, -0.1) is 5.10 Å². The summed E-state index contributed by atoms with van der Waals surface area (Å²) in [6.45, 7) is 1.38. The molecular weight excluding hydrogens is 458 g/mol. The molecular formula is C24H20F2N6OS. The molecule has 1 fully saturated rings. The van der Waals surface area contributed by atoms with Crippen LogP contribution in [-0.2, 0) is 0 Å². The van der Waals surface area contributed by atoms with Crippen molar-refractivity contribution in [3.8, 4) is 22.5 Å². The molecule has 1 amide bonds. The lowest BCUT2D eigenvalue weighted by molar-refractivity contribution is 0.0926. The van der Waals surface area contributed by atoms with Crippen molar-refractivity contribution in [3.63, 3.8) is 0 Å². The summed E-state index contributed by atoms with van der Waals surface area (Å²) in [5, 5.41) is 8.44. The first-order valence-corrected chi connectivity index (χ1v) is 11.6. The Balaban J connectivity index is 1.37. The lowest BCUT2D eigenvalue weighted by Crippen LogP contribution is -2.45. The van der Waals surface area contributed by atoms with E-state index in [4.69, 9.17) is 4.98 Å². The van der Waals surface area contributed by atoms with Crippen LogP contribution in [-0.4, -0.2) is 44.6 Å². The van der Waals surface area contributed by atoms with Gasteiger partial charge in [0.05, 0.1) is 17.6 Å². The summed E-state index contributed by atoms with van der Waals surface area (Å²) in [5.41, 5.74) is 2.95. The predicted octanol–water partition coefficient (Wildman–Crippen LogP) is 4.34. The standard InChI is InChI=1S/C24H20F2N6OS/c25-17-5-1-15(2-6-17)22-23(16-3-7-18(26)8-4-16)29-21(13-27-22)32-11-9-19(10-12-32)28-24(33)20-14-34-31-30-20/h1-8,13-14,19H,9-12H2,(H,28,33). The van der Waals surface area contributed by atoms with Gasteiger partial charge in [-0.2, -0.15) is 0 Å². The molecule has 1 aliphatic heterocycles. The largest absolute Gasteiger partial charge is 0.355 e. The normalized spacial score (nSPS) is 14.2. The van der Waals surface area contributed by atoms with Gasteiger partial charge in [0.2, 0.25) is 0 Å². The number of hydrogen-bond acceptors (Lipinski definition) is 7. The molecule has 34 heavy (non-hydrogen) atoms. The molecule has 0 aliphatic carbocycles. The zero-order valence-electron chi connectivity index (χ0n) is 18.0. The van der Waals surface area contributed by atoms with E-state index in [-0.39, 0.29) is 23.6 Å². The van der Waals surface area contributed by atoms with Gasteiger partial charge in [-0.25, -0.2) is 13.8 Å². The second kappa shape index (κ2) is 9.60. The summed E-state index contributed by atoms with van der Waals surface area (Å²) >= 11 is 1.14. The van der Waals surface area contributed by atoms with Crippen molar-refractivity contribution >= 4 is 23.3 Å². The number of nitrogens with one attached hydrogen (secondary N) is 1. The summed E-state index contributed by atoms with van der Waals surface area (Å²) in [7, 11) is 0. The van der Waals surface area contributed by atoms with E-state index in [0.717, 1.165) is 29.9 Å². The lowest BCUT2D eigenvalue weighted by Gasteiger charge is -2.33. The minimum atomic E-state index is -0.339. The maximum Gasteiger partial charge on any atom is 0.272 e. The summed E-state index contributed by atoms with van der Waals surface area (Å²) < 4.78 is 30.7. The number of aromatic nitrogens is 4. The monoisotopic (exact) mass is 478 g/mol. The van der Waals surface area contributed by atoms with Gasteiger partial charge in [-0.3, -0.25) is 9.78 Å². The molecule has 1 N–H and O–H groups in total. The first kappa shape index (κ1) is 22.0. The number of rotatable bonds is 5. The van der Waals surface area contributed by atoms with E-state index in [0.29, 0.717) is 41.6 Å². The van der Waals surface area contributed by atoms with Gasteiger partial charge in [0.1, 0.15) is 17.5 Å². The van der Waals surface area contributed by atoms with Crippen molar-refractivity contribution in [2.45, 2.75) is 18.9 Å². The molecule has 0 unspecified atom stereocenters. The SMILES string of the molecule is O=C(NC1CCN(c2cnc(-c3ccc(F)cc3)c(-c3ccc(F)cc3)n2)CC1)c1csnn1. The highest BCUT2D eigenvalue weighted by molar-refractivity contribution is 7.03. The van der Waals surface area contributed by atoms with Crippen LogP contribution in [0.15, 0.2) is 60.1 Å². The van der Waals surface area contributed by atoms with Crippen molar-refractivity contribution in [3.05, 3.63) is 77.4 Å². The highest BCUT2D eigenvalue weighted by atomic mass is 32.1. The van der Waals surface area contributed by atoms with Crippen LogP contribution < -0.4 is 10.2 Å². The molecule has 5 rings (SSSR count). The van der Waals surface area contributed by atoms with E-state index in [9.17, 15) is 13.6 Å². The van der Waals surface area contributed by atoms with E-state index >= 15 is 0 Å². The molecule has 0 atom stereocenters. The van der Waals surface area contributed by atoms with Gasteiger partial charge in [-0.05, 0) is 72.9 Å². The minimum absolute atomic E-state index is 0.0356. The molecule has 10 heteroatoms. The zero-order chi connectivity index (χ0) is 23.5. The fourth-order valence-corrected chi connectivity index (χ4v) is 4.37. The molecule has 4 aromatic rings. The number of nitrogens with zero attached hydrogens (tertiary/aromatic N) is 5. The van der Waals surface area contributed by atoms with E-state index in [2.05, 4.69) is 24.8 Å². The number of piperidine rings is 1. The van der Waals surface area contributed by atoms with Gasteiger partial charge < -0.3 is 10.2 Å². The summed E-state index contributed by atoms with van der Waals surface area (Å²) in [6.07, 6.45) is 3.19. The van der Waals surface area contributed by atoms with E-state index in [1.807, 2.05) is 0 Å². The quantitative estimate of drug-likeness (QED) is 0.460. The third-order valence-electron chi connectivity index (χ3n) is 5.74. The number of carbonyl (C=O) groups excluding carboxylic acids is 1. The Kier molecular flexibility index (Phi) is 6.22. The van der Waals surface area contributed by atoms with Gasteiger partial charge in [0.25, 0.3) is 5.91 Å². The fraction of sp³-hybridized carbons (Fsp3) is 0.208. The fourth-order valence-electron chi connectivity index (χ4n) is 3.94. The number of benzene rings is 2. The number of anilines is 1.